The van der Waals surface area contributed by atoms with Crippen molar-refractivity contribution < 1.29 is 29.9 Å². The van der Waals surface area contributed by atoms with E-state index in [0.717, 1.165) is 68.9 Å². The Morgan fingerprint density at radius 3 is 2.04 bits per heavy atom. The summed E-state index contributed by atoms with van der Waals surface area (Å²) in [6.45, 7) is 6.47. The van der Waals surface area contributed by atoms with Crippen LogP contribution in [0, 0.1) is 19.1 Å². The van der Waals surface area contributed by atoms with E-state index >= 15 is 0 Å². The van der Waals surface area contributed by atoms with Gasteiger partial charge in [-0.1, -0.05) is 123 Å². The Balaban J connectivity index is 0.00000455. The molecule has 6 aromatic carbocycles. The fourth-order valence-electron chi connectivity index (χ4n) is 7.87. The molecule has 3 heterocycles. The first kappa shape index (κ1) is 37.7. The van der Waals surface area contributed by atoms with Gasteiger partial charge in [0.1, 0.15) is 11.6 Å². The van der Waals surface area contributed by atoms with E-state index < -0.39 is 0 Å². The molecule has 6 nitrogen and oxygen atoms in total. The number of aryl methyl sites for hydroxylation is 2. The normalized spacial score (nSPS) is 11.2. The number of rotatable bonds is 10. The maximum Gasteiger partial charge on any atom is 2.00 e. The molecule has 0 radical (unpaired) electrons. The van der Waals surface area contributed by atoms with Crippen molar-refractivity contribution in [2.24, 2.45) is 0 Å². The van der Waals surface area contributed by atoms with Crippen molar-refractivity contribution in [1.82, 2.24) is 19.3 Å². The fourth-order valence-corrected chi connectivity index (χ4v) is 7.87. The maximum absolute atomic E-state index is 6.63. The Kier molecular flexibility index (Phi) is 10.6. The number of fused-ring (bicyclic) bond motifs is 3. The van der Waals surface area contributed by atoms with Crippen LogP contribution >= 0.6 is 0 Å². The fraction of sp³-hybridized carbons (Fsp3) is 0.120. The Labute approximate surface area is 347 Å². The summed E-state index contributed by atoms with van der Waals surface area (Å²) in [5, 5.41) is 7.50. The molecule has 282 valence electrons. The molecule has 0 N–H and O–H groups in total. The summed E-state index contributed by atoms with van der Waals surface area (Å²) in [4.78, 5) is 4.71. The van der Waals surface area contributed by atoms with Crippen LogP contribution in [-0.4, -0.2) is 26.4 Å². The maximum atomic E-state index is 6.63. The number of aromatic nitrogens is 4. The van der Waals surface area contributed by atoms with Crippen LogP contribution in [-0.2, 0) is 33.3 Å². The standard InChI is InChI=1S/C50H40N4O2.Pd/c1-5-44-50(49-40(34-16-9-7-10-17-34)21-15-22-41(49)35-18-11-8-12-19-35)45(6-2)54(52-44)36-28-33(3)29-39(30-36)56-38-24-25-43-42-20-13-14-23-46(42)53(47(43)31-38)48-32-37(55-4)26-27-51-48;/h7-29,32H,5-6H2,1-4H3;/q-2;+2. The number of ether oxygens (including phenoxy) is 2. The van der Waals surface area contributed by atoms with Crippen molar-refractivity contribution in [2.75, 3.05) is 7.11 Å². The largest absolute Gasteiger partial charge is 2.00 e. The number of hydrogen-bond acceptors (Lipinski definition) is 4. The molecular formula is C50H40N4O2Pd. The number of nitrogens with zero attached hydrogens (tertiary/aromatic N) is 4. The summed E-state index contributed by atoms with van der Waals surface area (Å²) in [6, 6.07) is 55.4. The zero-order chi connectivity index (χ0) is 38.2. The van der Waals surface area contributed by atoms with Gasteiger partial charge in [0.05, 0.1) is 12.8 Å². The summed E-state index contributed by atoms with van der Waals surface area (Å²) in [5.74, 6) is 2.64. The van der Waals surface area contributed by atoms with Gasteiger partial charge in [0.2, 0.25) is 0 Å². The zero-order valence-electron chi connectivity index (χ0n) is 32.2. The van der Waals surface area contributed by atoms with Gasteiger partial charge < -0.3 is 14.0 Å². The van der Waals surface area contributed by atoms with Crippen LogP contribution in [0.25, 0.3) is 66.7 Å². The van der Waals surface area contributed by atoms with Gasteiger partial charge in [-0.05, 0) is 58.3 Å². The summed E-state index contributed by atoms with van der Waals surface area (Å²) >= 11 is 0. The van der Waals surface area contributed by atoms with Crippen LogP contribution in [0.4, 0.5) is 0 Å². The Morgan fingerprint density at radius 1 is 0.649 bits per heavy atom. The van der Waals surface area contributed by atoms with Gasteiger partial charge >= 0.3 is 20.4 Å². The van der Waals surface area contributed by atoms with Gasteiger partial charge in [-0.2, -0.15) is 16.7 Å². The van der Waals surface area contributed by atoms with Gasteiger partial charge in [-0.15, -0.1) is 35.7 Å². The monoisotopic (exact) mass is 834 g/mol. The van der Waals surface area contributed by atoms with E-state index in [9.17, 15) is 0 Å². The SMILES string of the molecule is CCc1nn(-c2[c-]c(Oc3[c-]c4c(cc3)c3ccccc3n4-c3cc(OC)ccn3)cc(C)c2)c(CC)c1-c1c(-c2ccccc2)cccc1-c1ccccc1.[Pd+2]. The molecule has 0 amide bonds. The molecule has 0 aliphatic heterocycles. The third-order valence-corrected chi connectivity index (χ3v) is 10.4. The van der Waals surface area contributed by atoms with Crippen LogP contribution in [0.5, 0.6) is 17.2 Å². The molecule has 9 rings (SSSR count). The summed E-state index contributed by atoms with van der Waals surface area (Å²) in [5.41, 5.74) is 13.0. The zero-order valence-corrected chi connectivity index (χ0v) is 33.7. The number of hydrogen-bond donors (Lipinski definition) is 0. The predicted octanol–water partition coefficient (Wildman–Crippen LogP) is 12.2. The van der Waals surface area contributed by atoms with Crippen LogP contribution < -0.4 is 9.47 Å². The summed E-state index contributed by atoms with van der Waals surface area (Å²) in [6.07, 6.45) is 3.30. The van der Waals surface area contributed by atoms with Gasteiger partial charge in [0.25, 0.3) is 0 Å². The Morgan fingerprint density at radius 2 is 1.35 bits per heavy atom. The van der Waals surface area contributed by atoms with E-state index in [1.54, 1.807) is 13.3 Å². The van der Waals surface area contributed by atoms with Crippen molar-refractivity contribution in [3.63, 3.8) is 0 Å². The van der Waals surface area contributed by atoms with Gasteiger partial charge in [0, 0.05) is 46.1 Å². The molecule has 0 spiro atoms. The van der Waals surface area contributed by atoms with Crippen molar-refractivity contribution >= 4 is 21.8 Å². The van der Waals surface area contributed by atoms with Crippen LogP contribution in [0.2, 0.25) is 0 Å². The molecule has 3 aromatic heterocycles. The van der Waals surface area contributed by atoms with Gasteiger partial charge in [0.15, 0.2) is 0 Å². The minimum Gasteiger partial charge on any atom is -0.509 e. The molecule has 0 saturated heterocycles. The molecule has 57 heavy (non-hydrogen) atoms. The van der Waals surface area contributed by atoms with Gasteiger partial charge in [-0.25, -0.2) is 4.98 Å². The molecule has 0 aliphatic rings. The van der Waals surface area contributed by atoms with Crippen molar-refractivity contribution in [3.05, 3.63) is 175 Å². The Hall–Kier alpha value is -6.26. The van der Waals surface area contributed by atoms with E-state index in [1.807, 2.05) is 30.3 Å². The molecule has 0 saturated carbocycles. The summed E-state index contributed by atoms with van der Waals surface area (Å²) < 4.78 is 16.4. The van der Waals surface area contributed by atoms with E-state index in [0.29, 0.717) is 11.5 Å². The second kappa shape index (κ2) is 16.1. The van der Waals surface area contributed by atoms with E-state index in [-0.39, 0.29) is 20.4 Å². The number of methoxy groups -OCH3 is 1. The third-order valence-electron chi connectivity index (χ3n) is 10.4. The number of pyridine rings is 1. The molecule has 7 heteroatoms. The first-order valence-electron chi connectivity index (χ1n) is 19.1. The third kappa shape index (κ3) is 6.95. The second-order valence-corrected chi connectivity index (χ2v) is 13.8. The molecule has 0 fully saturated rings. The average molecular weight is 835 g/mol. The number of benzene rings is 6. The molecule has 0 unspecified atom stereocenters. The van der Waals surface area contributed by atoms with Gasteiger partial charge in [-0.3, -0.25) is 4.68 Å². The van der Waals surface area contributed by atoms with E-state index in [2.05, 4.69) is 151 Å². The smallest absolute Gasteiger partial charge is 0.509 e. The van der Waals surface area contributed by atoms with Crippen LogP contribution in [0.15, 0.2) is 146 Å². The second-order valence-electron chi connectivity index (χ2n) is 13.8. The molecule has 0 atom stereocenters. The molecular weight excluding hydrogens is 795 g/mol. The quantitative estimate of drug-likeness (QED) is 0.102. The van der Waals surface area contributed by atoms with Crippen molar-refractivity contribution in [1.29, 1.82) is 0 Å². The number of para-hydroxylation sites is 1. The predicted molar refractivity (Wildman–Crippen MR) is 226 cm³/mol. The van der Waals surface area contributed by atoms with Crippen molar-refractivity contribution in [3.8, 4) is 62.1 Å². The van der Waals surface area contributed by atoms with Crippen LogP contribution in [0.3, 0.4) is 0 Å². The molecule has 0 aliphatic carbocycles. The molecule has 9 aromatic rings. The first-order chi connectivity index (χ1) is 27.5. The minimum atomic E-state index is 0. The topological polar surface area (TPSA) is 54.1 Å². The minimum absolute atomic E-state index is 0. The average Bonchev–Trinajstić information content (AvgIpc) is 3.79. The molecule has 0 bridgehead atoms. The summed E-state index contributed by atoms with van der Waals surface area (Å²) in [7, 11) is 1.66. The van der Waals surface area contributed by atoms with Crippen LogP contribution in [0.1, 0.15) is 30.8 Å². The van der Waals surface area contributed by atoms with Crippen molar-refractivity contribution in [2.45, 2.75) is 33.6 Å². The first-order valence-corrected chi connectivity index (χ1v) is 19.1. The Bertz CT molecular complexity index is 2800. The van der Waals surface area contributed by atoms with E-state index in [1.165, 1.54) is 33.4 Å². The van der Waals surface area contributed by atoms with E-state index in [4.69, 9.17) is 19.6 Å².